The molecule has 3 heteroatoms. The van der Waals surface area contributed by atoms with Gasteiger partial charge in [0.25, 0.3) is 0 Å². The minimum atomic E-state index is 0.752. The van der Waals surface area contributed by atoms with Gasteiger partial charge >= 0.3 is 0 Å². The zero-order valence-electron chi connectivity index (χ0n) is 11.1. The van der Waals surface area contributed by atoms with E-state index in [0.717, 1.165) is 30.6 Å². The first kappa shape index (κ1) is 11.9. The molecule has 0 aromatic rings. The molecule has 3 fully saturated rings. The summed E-state index contributed by atoms with van der Waals surface area (Å²) in [5.74, 6) is 0.752. The van der Waals surface area contributed by atoms with Gasteiger partial charge in [0.15, 0.2) is 0 Å². The molecule has 0 spiro atoms. The maximum atomic E-state index is 5.85. The van der Waals surface area contributed by atoms with Gasteiger partial charge in [-0.2, -0.15) is 0 Å². The van der Waals surface area contributed by atoms with Gasteiger partial charge in [0.2, 0.25) is 0 Å². The third-order valence-electron chi connectivity index (χ3n) is 5.29. The van der Waals surface area contributed by atoms with E-state index in [4.69, 9.17) is 5.73 Å². The molecule has 0 aliphatic carbocycles. The largest absolute Gasteiger partial charge is 0.330 e. The van der Waals surface area contributed by atoms with Crippen molar-refractivity contribution in [2.75, 3.05) is 26.2 Å². The van der Waals surface area contributed by atoms with Crippen molar-refractivity contribution in [2.24, 2.45) is 11.7 Å². The Hall–Kier alpha value is -0.120. The normalized spacial score (nSPS) is 44.1. The van der Waals surface area contributed by atoms with E-state index >= 15 is 0 Å². The molecule has 0 aromatic carbocycles. The van der Waals surface area contributed by atoms with Crippen LogP contribution < -0.4 is 5.73 Å². The summed E-state index contributed by atoms with van der Waals surface area (Å²) in [5.41, 5.74) is 5.85. The Balaban J connectivity index is 1.68. The molecule has 2 N–H and O–H groups in total. The van der Waals surface area contributed by atoms with Gasteiger partial charge < -0.3 is 5.73 Å². The molecule has 98 valence electrons. The molecule has 3 nitrogen and oxygen atoms in total. The number of nitrogens with zero attached hydrogens (tertiary/aromatic N) is 2. The van der Waals surface area contributed by atoms with E-state index in [1.165, 1.54) is 51.7 Å². The van der Waals surface area contributed by atoms with Crippen molar-refractivity contribution in [3.05, 3.63) is 0 Å². The highest BCUT2D eigenvalue weighted by Gasteiger charge is 2.42. The molecule has 0 bridgehead atoms. The number of fused-ring (bicyclic) bond motifs is 1. The summed E-state index contributed by atoms with van der Waals surface area (Å²) in [4.78, 5) is 5.53. The first-order chi connectivity index (χ1) is 8.29. The third-order valence-corrected chi connectivity index (χ3v) is 5.29. The van der Waals surface area contributed by atoms with Crippen molar-refractivity contribution in [1.29, 1.82) is 0 Å². The number of likely N-dealkylation sites (tertiary alicyclic amines) is 1. The van der Waals surface area contributed by atoms with Crippen LogP contribution >= 0.6 is 0 Å². The Morgan fingerprint density at radius 2 is 2.00 bits per heavy atom. The van der Waals surface area contributed by atoms with Crippen molar-refractivity contribution < 1.29 is 0 Å². The molecule has 3 aliphatic heterocycles. The van der Waals surface area contributed by atoms with Gasteiger partial charge in [-0.15, -0.1) is 0 Å². The fraction of sp³-hybridized carbons (Fsp3) is 1.00. The van der Waals surface area contributed by atoms with Crippen molar-refractivity contribution in [3.63, 3.8) is 0 Å². The number of hydrogen-bond donors (Lipinski definition) is 1. The van der Waals surface area contributed by atoms with Gasteiger partial charge in [0, 0.05) is 31.2 Å². The zero-order chi connectivity index (χ0) is 11.8. The number of nitrogens with two attached hydrogens (primary N) is 1. The smallest absolute Gasteiger partial charge is 0.0266 e. The summed E-state index contributed by atoms with van der Waals surface area (Å²) in [6, 6.07) is 2.46. The lowest BCUT2D eigenvalue weighted by molar-refractivity contribution is 0.108. The highest BCUT2D eigenvalue weighted by Crippen LogP contribution is 2.35. The summed E-state index contributed by atoms with van der Waals surface area (Å²) >= 11 is 0. The molecule has 0 saturated carbocycles. The Kier molecular flexibility index (Phi) is 3.42. The van der Waals surface area contributed by atoms with Gasteiger partial charge in [0.05, 0.1) is 0 Å². The van der Waals surface area contributed by atoms with Crippen LogP contribution in [0, 0.1) is 5.92 Å². The summed E-state index contributed by atoms with van der Waals surface area (Å²) in [7, 11) is 0. The van der Waals surface area contributed by atoms with Gasteiger partial charge in [0.1, 0.15) is 0 Å². The second kappa shape index (κ2) is 4.87. The van der Waals surface area contributed by atoms with Crippen LogP contribution in [0.15, 0.2) is 0 Å². The second-order valence-corrected chi connectivity index (χ2v) is 6.34. The molecule has 0 aromatic heterocycles. The molecular formula is C14H27N3. The summed E-state index contributed by atoms with van der Waals surface area (Å²) in [6.45, 7) is 7.23. The average molecular weight is 237 g/mol. The number of hydrogen-bond acceptors (Lipinski definition) is 3. The molecule has 3 saturated heterocycles. The molecule has 4 unspecified atom stereocenters. The minimum absolute atomic E-state index is 0.752. The quantitative estimate of drug-likeness (QED) is 0.785. The van der Waals surface area contributed by atoms with E-state index < -0.39 is 0 Å². The van der Waals surface area contributed by atoms with Crippen molar-refractivity contribution in [2.45, 2.75) is 57.2 Å². The van der Waals surface area contributed by atoms with E-state index in [9.17, 15) is 0 Å². The van der Waals surface area contributed by atoms with Crippen molar-refractivity contribution in [3.8, 4) is 0 Å². The predicted molar refractivity (Wildman–Crippen MR) is 70.9 cm³/mol. The SMILES string of the molecule is CC1CC(CN)CN1C1CCN2CCCCC12. The first-order valence-corrected chi connectivity index (χ1v) is 7.49. The standard InChI is InChI=1S/C14H27N3/c1-11-8-12(9-15)10-17(11)14-5-7-16-6-3-2-4-13(14)16/h11-14H,2-10,15H2,1H3. The molecule has 4 atom stereocenters. The van der Waals surface area contributed by atoms with Crippen molar-refractivity contribution in [1.82, 2.24) is 9.80 Å². The maximum Gasteiger partial charge on any atom is 0.0266 e. The lowest BCUT2D eigenvalue weighted by Gasteiger charge is -2.38. The minimum Gasteiger partial charge on any atom is -0.330 e. The van der Waals surface area contributed by atoms with Crippen LogP contribution in [-0.4, -0.2) is 54.1 Å². The van der Waals surface area contributed by atoms with E-state index in [1.807, 2.05) is 0 Å². The summed E-state index contributed by atoms with van der Waals surface area (Å²) < 4.78 is 0. The number of piperidine rings is 1. The third kappa shape index (κ3) is 2.13. The molecule has 3 rings (SSSR count). The van der Waals surface area contributed by atoms with E-state index in [-0.39, 0.29) is 0 Å². The van der Waals surface area contributed by atoms with E-state index in [0.29, 0.717) is 0 Å². The second-order valence-electron chi connectivity index (χ2n) is 6.34. The highest BCUT2D eigenvalue weighted by atomic mass is 15.3. The van der Waals surface area contributed by atoms with Crippen LogP contribution in [0.25, 0.3) is 0 Å². The van der Waals surface area contributed by atoms with Crippen LogP contribution in [0.2, 0.25) is 0 Å². The van der Waals surface area contributed by atoms with E-state index in [2.05, 4.69) is 16.7 Å². The van der Waals surface area contributed by atoms with Crippen LogP contribution in [0.4, 0.5) is 0 Å². The van der Waals surface area contributed by atoms with E-state index in [1.54, 1.807) is 0 Å². The Morgan fingerprint density at radius 3 is 2.76 bits per heavy atom. The van der Waals surface area contributed by atoms with Crippen molar-refractivity contribution >= 4 is 0 Å². The van der Waals surface area contributed by atoms with Crippen LogP contribution in [0.3, 0.4) is 0 Å². The topological polar surface area (TPSA) is 32.5 Å². The summed E-state index contributed by atoms with van der Waals surface area (Å²) in [5, 5.41) is 0. The molecular weight excluding hydrogens is 210 g/mol. The van der Waals surface area contributed by atoms with Crippen LogP contribution in [-0.2, 0) is 0 Å². The fourth-order valence-electron chi connectivity index (χ4n) is 4.41. The number of rotatable bonds is 2. The van der Waals surface area contributed by atoms with Gasteiger partial charge in [-0.05, 0) is 51.6 Å². The average Bonchev–Trinajstić information content (AvgIpc) is 2.92. The molecule has 3 aliphatic rings. The van der Waals surface area contributed by atoms with Crippen LogP contribution in [0.1, 0.15) is 39.0 Å². The van der Waals surface area contributed by atoms with Gasteiger partial charge in [-0.1, -0.05) is 6.42 Å². The Morgan fingerprint density at radius 1 is 1.12 bits per heavy atom. The zero-order valence-corrected chi connectivity index (χ0v) is 11.1. The highest BCUT2D eigenvalue weighted by molar-refractivity contribution is 4.99. The lowest BCUT2D eigenvalue weighted by atomic mass is 9.97. The molecule has 17 heavy (non-hydrogen) atoms. The molecule has 0 radical (unpaired) electrons. The summed E-state index contributed by atoms with van der Waals surface area (Å²) in [6.07, 6.45) is 7.01. The maximum absolute atomic E-state index is 5.85. The Labute approximate surface area is 105 Å². The predicted octanol–water partition coefficient (Wildman–Crippen LogP) is 1.28. The van der Waals surface area contributed by atoms with Gasteiger partial charge in [-0.25, -0.2) is 0 Å². The monoisotopic (exact) mass is 237 g/mol. The first-order valence-electron chi connectivity index (χ1n) is 7.49. The fourth-order valence-corrected chi connectivity index (χ4v) is 4.41. The molecule has 3 heterocycles. The molecule has 0 amide bonds. The van der Waals surface area contributed by atoms with Crippen LogP contribution in [0.5, 0.6) is 0 Å². The lowest BCUT2D eigenvalue weighted by Crippen LogP contribution is -2.48. The van der Waals surface area contributed by atoms with Gasteiger partial charge in [-0.3, -0.25) is 9.80 Å². The Bertz CT molecular complexity index is 268.